The lowest BCUT2D eigenvalue weighted by molar-refractivity contribution is -0.158. The maximum absolute atomic E-state index is 12.6. The number of hydrogen-bond donors (Lipinski definition) is 9. The van der Waals surface area contributed by atoms with Gasteiger partial charge in [-0.05, 0) is 90.3 Å². The highest BCUT2D eigenvalue weighted by atomic mass is 35.5. The zero-order valence-electron chi connectivity index (χ0n) is 77.9. The number of cyclic esters (lactones) is 4. The Labute approximate surface area is 864 Å². The molecule has 51 heteroatoms. The second-order valence-corrected chi connectivity index (χ2v) is 35.8. The second-order valence-electron chi connectivity index (χ2n) is 33.9. The molecule has 20 aliphatic heterocycles. The van der Waals surface area contributed by atoms with Gasteiger partial charge < -0.3 is 93.9 Å². The van der Waals surface area contributed by atoms with Gasteiger partial charge in [-0.1, -0.05) is 109 Å². The van der Waals surface area contributed by atoms with E-state index in [2.05, 4.69) is 32.7 Å². The van der Waals surface area contributed by atoms with Crippen molar-refractivity contribution in [2.24, 2.45) is 82.5 Å². The molecule has 46 nitrogen and oxygen atoms in total. The van der Waals surface area contributed by atoms with Crippen molar-refractivity contribution in [3.8, 4) is 0 Å². The highest BCUT2D eigenvalue weighted by Gasteiger charge is 2.69. The molecule has 12 amide bonds. The Balaban J connectivity index is 0.000000155. The normalized spacial score (nSPS) is 30.2. The number of amides is 12. The molecule has 22 heterocycles. The molecule has 20 aliphatic rings. The zero-order valence-corrected chi connectivity index (χ0v) is 81.7. The summed E-state index contributed by atoms with van der Waals surface area (Å²) in [6, 6.07) is 24.7. The average Bonchev–Trinajstić information content (AvgIpc) is 1.53. The molecule has 790 valence electrons. The van der Waals surface area contributed by atoms with Crippen molar-refractivity contribution in [2.45, 2.75) is 112 Å². The van der Waals surface area contributed by atoms with Crippen molar-refractivity contribution in [1.29, 1.82) is 0 Å². The number of aliphatic hydroxyl groups is 5. The number of nitrogens with zero attached hydrogens (tertiary/aromatic N) is 6. The van der Waals surface area contributed by atoms with Crippen LogP contribution in [-0.2, 0) is 152 Å². The summed E-state index contributed by atoms with van der Waals surface area (Å²) in [6.45, 7) is 2.59. The van der Waals surface area contributed by atoms with Crippen LogP contribution in [-0.4, -0.2) is 315 Å². The van der Waals surface area contributed by atoms with E-state index in [0.29, 0.717) is 36.0 Å². The lowest BCUT2D eigenvalue weighted by Gasteiger charge is -2.26. The predicted molar refractivity (Wildman–Crippen MR) is 505 cm³/mol. The number of carbonyl (C=O) groups is 21. The molecule has 2 aromatic carbocycles. The maximum atomic E-state index is 12.6. The van der Waals surface area contributed by atoms with Crippen LogP contribution in [0.15, 0.2) is 204 Å². The van der Waals surface area contributed by atoms with E-state index < -0.39 is 98.8 Å². The number of aliphatic carboxylic acids is 2. The van der Waals surface area contributed by atoms with Crippen LogP contribution in [0.3, 0.4) is 0 Å². The number of anilines is 2. The van der Waals surface area contributed by atoms with Crippen LogP contribution in [0.2, 0.25) is 0 Å². The number of fused-ring (bicyclic) bond motifs is 30. The number of carbonyl (C=O) groups excluding carboxylic acids is 19. The zero-order chi connectivity index (χ0) is 108. The summed E-state index contributed by atoms with van der Waals surface area (Å²) >= 11 is 23.7. The van der Waals surface area contributed by atoms with E-state index in [1.807, 2.05) is 60.7 Å². The molecular weight excluding hydrogens is 2060 g/mol. The summed E-state index contributed by atoms with van der Waals surface area (Å²) < 4.78 is 51.3. The van der Waals surface area contributed by atoms with Gasteiger partial charge in [-0.2, -0.15) is 0 Å². The first-order valence-corrected chi connectivity index (χ1v) is 47.8. The van der Waals surface area contributed by atoms with Crippen molar-refractivity contribution in [3.63, 3.8) is 0 Å². The second kappa shape index (κ2) is 52.7. The van der Waals surface area contributed by atoms with E-state index in [9.17, 15) is 106 Å². The van der Waals surface area contributed by atoms with E-state index in [1.54, 1.807) is 104 Å². The quantitative estimate of drug-likeness (QED) is 0.0128. The number of benzene rings is 2. The fourth-order valence-corrected chi connectivity index (χ4v) is 19.0. The Hall–Kier alpha value is -13.1. The molecule has 24 atom stereocenters. The Morgan fingerprint density at radius 1 is 0.358 bits per heavy atom. The van der Waals surface area contributed by atoms with Crippen molar-refractivity contribution in [2.75, 3.05) is 74.2 Å². The maximum Gasteiger partial charge on any atom is 0.320 e. The molecule has 0 radical (unpaired) electrons. The smallest absolute Gasteiger partial charge is 0.320 e. The van der Waals surface area contributed by atoms with Crippen LogP contribution >= 0.6 is 58.0 Å². The molecule has 12 fully saturated rings. The van der Waals surface area contributed by atoms with Gasteiger partial charge in [0.1, 0.15) is 54.0 Å². The molecule has 0 saturated carbocycles. The minimum atomic E-state index is -1.14. The van der Waals surface area contributed by atoms with E-state index in [0.717, 1.165) is 19.6 Å². The van der Waals surface area contributed by atoms with Crippen LogP contribution in [0.4, 0.5) is 11.4 Å². The van der Waals surface area contributed by atoms with E-state index in [1.165, 1.54) is 46.6 Å². The molecule has 148 heavy (non-hydrogen) atoms. The topological polar surface area (TPSA) is 672 Å². The number of para-hydroxylation sites is 2. The Morgan fingerprint density at radius 3 is 0.932 bits per heavy atom. The number of carboxylic acids is 2. The molecule has 11 N–H and O–H groups in total. The summed E-state index contributed by atoms with van der Waals surface area (Å²) in [5, 5.41) is 56.6. The predicted octanol–water partition coefficient (Wildman–Crippen LogP) is 1.05. The lowest BCUT2D eigenvalue weighted by Crippen LogP contribution is -2.43. The number of imide groups is 6. The molecule has 24 rings (SSSR count). The van der Waals surface area contributed by atoms with Gasteiger partial charge in [0.25, 0.3) is 23.6 Å². The number of furan rings is 2. The molecule has 12 bridgehead atoms. The third-order valence-electron chi connectivity index (χ3n) is 25.3. The number of hydrogen-bond acceptors (Lipinski definition) is 38. The molecule has 12 saturated heterocycles. The van der Waals surface area contributed by atoms with Crippen molar-refractivity contribution in [1.82, 2.24) is 19.6 Å². The number of carboxylic acid groups (broad SMARTS) is 2. The van der Waals surface area contributed by atoms with Crippen LogP contribution in [0.1, 0.15) is 37.7 Å². The first kappa shape index (κ1) is 115. The van der Waals surface area contributed by atoms with Gasteiger partial charge >= 0.3 is 46.3 Å². The van der Waals surface area contributed by atoms with Crippen LogP contribution in [0.25, 0.3) is 0 Å². The monoisotopic (exact) mass is 2160 g/mol. The number of rotatable bonds is 18. The van der Waals surface area contributed by atoms with Gasteiger partial charge in [0, 0.05) is 63.4 Å². The summed E-state index contributed by atoms with van der Waals surface area (Å²) in [7, 11) is 0. The van der Waals surface area contributed by atoms with Gasteiger partial charge in [-0.25, -0.2) is 9.80 Å². The van der Waals surface area contributed by atoms with Gasteiger partial charge in [-0.3, -0.25) is 120 Å². The minimum Gasteiger partial charge on any atom is -0.481 e. The fraction of sp³-hybridized carbons (Fsp3) is 0.412. The molecule has 0 spiro atoms. The number of halogens is 5. The molecule has 0 aliphatic carbocycles. The first-order valence-electron chi connectivity index (χ1n) is 45.6. The highest BCUT2D eigenvalue weighted by Crippen LogP contribution is 2.54. The number of aliphatic hydroxyl groups excluding tert-OH is 5. The van der Waals surface area contributed by atoms with Gasteiger partial charge in [0.05, 0.1) is 183 Å². The number of nitrogens with two attached hydrogens (primary N) is 2. The average molecular weight is 2160 g/mol. The van der Waals surface area contributed by atoms with Gasteiger partial charge in [0.15, 0.2) is 0 Å². The summed E-state index contributed by atoms with van der Waals surface area (Å²) in [4.78, 5) is 241. The third-order valence-corrected chi connectivity index (χ3v) is 25.9. The van der Waals surface area contributed by atoms with E-state index in [-0.39, 0.29) is 251 Å². The highest BCUT2D eigenvalue weighted by molar-refractivity contribution is 6.97. The van der Waals surface area contributed by atoms with E-state index in [4.69, 9.17) is 114 Å². The molecule has 2 aromatic heterocycles. The minimum absolute atomic E-state index is 0.00208. The summed E-state index contributed by atoms with van der Waals surface area (Å²) in [5.74, 6) is -10.3. The fourth-order valence-electron chi connectivity index (χ4n) is 18.9. The molecular formula is C97H99Cl5N8O38. The lowest BCUT2D eigenvalue weighted by atomic mass is 9.77. The number of alkyl halides is 2. The number of ether oxygens (including phenoxy) is 8. The number of esters is 4. The Bertz CT molecular complexity index is 5540. The van der Waals surface area contributed by atoms with Gasteiger partial charge in [0.2, 0.25) is 52.5 Å². The number of likely N-dealkylation sites (tertiary alicyclic amines) is 3. The molecule has 24 unspecified atom stereocenters. The van der Waals surface area contributed by atoms with Crippen molar-refractivity contribution < 1.29 is 183 Å². The Kier molecular flexibility index (Phi) is 41.0. The number of β-amino-alcohol motifs (C(OH)–C–C–N with tert-alkyl or cyclic N) is 1. The SMILES string of the molecule is CCN1C(=O)C=CC1=O.ClCCl.NCCC(=O)O.NCCO.O=C(Cl)C(=O)Cl.O=C(Cl)CCN1C(=O)C2C3C=CC(O3)C2C1=O.O=C(O)CCN1C(=O)C2C3C=CC(O3)C2C1=O.O=C1C2C3C=CC(CO)(O3)C2C(=O)N1c1ccccc1.O=C1C2C3C=CC(O3)C2C(=O)N1CCO.O=C1C=CC(=O)N1c1ccccc1.O=C1OC(=O)C2C3C=CC(O3)C12.O=C1OC(=O)C2C3C=CC(O3)C12.OCc1ccco1.OCc1ccco1. The standard InChI is InChI=1S/C15H13NO4.C11H10ClNO4.C11H11NO5.C10H11NO4.C10H7NO2.2C8H6O4.C6H7NO2.2C5H6O2.C3H7NO2.C2Cl2O2.C2H7NO.CH2Cl2/c17-8-15-7-6-10(20-15)11-12(15)14(19)16(13(11)18)9-4-2-1-3-5-9;12-7(14)3-4-13-10(15)8-5-1-2-6(17-5)9(8)11(13)16;13-7(14)3-4-12-10(15)8-5-1-2-6(17-5)9(8)11(12)16;12-4-3-11-9(13)7-5-1-2-6(15-5)8(7)10(11)14;12-9-6-7-10(13)11(9)8-4-2-1-3-5-8;2*9-7-5-3-1-2-4(11-3)6(5)8(10)12-7;1-2-7-5(8)3-4-6(7)9;2*6-4-5-2-1-3-7-5;4-2-1-3(5)6;3-1(5)2(4)6;3-1-2-4;2-1-3/h1-7,10-12,17H,8H2;1-2,5-6,8-9H,3-4H2;1-2,5-6,8-9H,3-4H2,(H,13,14);1-2,5-8,12H,3-4H2;1-7H;2*1-6H;3-4H,2H2,1H3;2*1-3,6H,4H2;1-2,4H2,(H,5,6);;4H,1-3H2;1H2. The van der Waals surface area contributed by atoms with Crippen molar-refractivity contribution in [3.05, 3.63) is 206 Å². The first-order chi connectivity index (χ1) is 70.8. The summed E-state index contributed by atoms with van der Waals surface area (Å²) in [5.41, 5.74) is 9.79. The van der Waals surface area contributed by atoms with Crippen molar-refractivity contribution >= 4 is 192 Å². The van der Waals surface area contributed by atoms with E-state index >= 15 is 0 Å². The largest absolute Gasteiger partial charge is 0.481 e. The van der Waals surface area contributed by atoms with Crippen LogP contribution in [0.5, 0.6) is 0 Å². The number of likely N-dealkylation sites (N-methyl/N-ethyl adjacent to an activating group) is 1. The van der Waals surface area contributed by atoms with Crippen LogP contribution in [0, 0.1) is 71.0 Å². The Morgan fingerprint density at radius 2 is 0.676 bits per heavy atom. The third kappa shape index (κ3) is 25.9. The summed E-state index contributed by atoms with van der Waals surface area (Å²) in [6.07, 6.45) is 26.8. The van der Waals surface area contributed by atoms with Gasteiger partial charge in [-0.15, -0.1) is 23.2 Å². The molecule has 4 aromatic rings. The van der Waals surface area contributed by atoms with Crippen LogP contribution < -0.4 is 21.3 Å².